The molecule has 0 amide bonds. The van der Waals surface area contributed by atoms with Gasteiger partial charge < -0.3 is 4.74 Å². The normalized spacial score (nSPS) is 12.7. The fourth-order valence-corrected chi connectivity index (χ4v) is 1.25. The van der Waals surface area contributed by atoms with E-state index in [0.29, 0.717) is 12.2 Å². The van der Waals surface area contributed by atoms with E-state index >= 15 is 0 Å². The van der Waals surface area contributed by atoms with Crippen LogP contribution in [0.5, 0.6) is 0 Å². The molecule has 0 N–H and O–H groups in total. The van der Waals surface area contributed by atoms with Crippen molar-refractivity contribution >= 4 is 0 Å². The van der Waals surface area contributed by atoms with Gasteiger partial charge in [-0.25, -0.2) is 0 Å². The SMILES string of the molecule is CCCCCOC([O])c1ccccc1. The van der Waals surface area contributed by atoms with E-state index in [-0.39, 0.29) is 0 Å². The molecule has 0 fully saturated rings. The predicted molar refractivity (Wildman–Crippen MR) is 55.3 cm³/mol. The van der Waals surface area contributed by atoms with E-state index in [0.717, 1.165) is 19.3 Å². The van der Waals surface area contributed by atoms with E-state index in [9.17, 15) is 5.11 Å². The van der Waals surface area contributed by atoms with Gasteiger partial charge in [0.05, 0.1) is 6.61 Å². The summed E-state index contributed by atoms with van der Waals surface area (Å²) in [6, 6.07) is 9.22. The Labute approximate surface area is 85.5 Å². The van der Waals surface area contributed by atoms with E-state index in [4.69, 9.17) is 4.74 Å². The van der Waals surface area contributed by atoms with Gasteiger partial charge in [-0.15, -0.1) is 0 Å². The highest BCUT2D eigenvalue weighted by Gasteiger charge is 2.07. The zero-order chi connectivity index (χ0) is 10.2. The van der Waals surface area contributed by atoms with E-state index in [1.165, 1.54) is 0 Å². The molecule has 77 valence electrons. The molecule has 0 bridgehead atoms. The summed E-state index contributed by atoms with van der Waals surface area (Å²) in [5, 5.41) is 11.5. The molecule has 1 rings (SSSR count). The van der Waals surface area contributed by atoms with Crippen LogP contribution in [-0.4, -0.2) is 6.61 Å². The summed E-state index contributed by atoms with van der Waals surface area (Å²) in [6.45, 7) is 2.70. The number of hydrogen-bond donors (Lipinski definition) is 0. The van der Waals surface area contributed by atoms with Crippen LogP contribution in [-0.2, 0) is 9.84 Å². The van der Waals surface area contributed by atoms with Crippen LogP contribution in [0.1, 0.15) is 38.0 Å². The highest BCUT2D eigenvalue weighted by Crippen LogP contribution is 2.14. The average Bonchev–Trinajstić information content (AvgIpc) is 2.25. The summed E-state index contributed by atoms with van der Waals surface area (Å²) in [4.78, 5) is 0. The lowest BCUT2D eigenvalue weighted by molar-refractivity contribution is -0.145. The van der Waals surface area contributed by atoms with E-state index < -0.39 is 6.29 Å². The fraction of sp³-hybridized carbons (Fsp3) is 0.500. The molecule has 2 nitrogen and oxygen atoms in total. The minimum Gasteiger partial charge on any atom is -0.346 e. The number of benzene rings is 1. The van der Waals surface area contributed by atoms with Crippen LogP contribution < -0.4 is 0 Å². The Morgan fingerprint density at radius 2 is 1.93 bits per heavy atom. The van der Waals surface area contributed by atoms with Crippen LogP contribution in [0, 0.1) is 0 Å². The van der Waals surface area contributed by atoms with Crippen LogP contribution in [0.25, 0.3) is 0 Å². The van der Waals surface area contributed by atoms with Crippen molar-refractivity contribution in [3.8, 4) is 0 Å². The Morgan fingerprint density at radius 3 is 2.57 bits per heavy atom. The van der Waals surface area contributed by atoms with Crippen LogP contribution in [0.15, 0.2) is 30.3 Å². The highest BCUT2D eigenvalue weighted by molar-refractivity contribution is 5.15. The second kappa shape index (κ2) is 6.57. The second-order valence-corrected chi connectivity index (χ2v) is 3.32. The van der Waals surface area contributed by atoms with Crippen LogP contribution >= 0.6 is 0 Å². The van der Waals surface area contributed by atoms with Gasteiger partial charge in [0.25, 0.3) is 0 Å². The Hall–Kier alpha value is -0.860. The zero-order valence-electron chi connectivity index (χ0n) is 8.61. The van der Waals surface area contributed by atoms with Gasteiger partial charge in [0.1, 0.15) is 0 Å². The average molecular weight is 193 g/mol. The lowest BCUT2D eigenvalue weighted by Gasteiger charge is -2.09. The van der Waals surface area contributed by atoms with Gasteiger partial charge in [-0.1, -0.05) is 50.1 Å². The molecular formula is C12H17O2. The van der Waals surface area contributed by atoms with Crippen molar-refractivity contribution in [2.75, 3.05) is 6.61 Å². The molecule has 0 aromatic heterocycles. The van der Waals surface area contributed by atoms with Gasteiger partial charge in [0, 0.05) is 5.56 Å². The molecule has 0 spiro atoms. The van der Waals surface area contributed by atoms with Crippen molar-refractivity contribution in [2.45, 2.75) is 32.5 Å². The molecule has 0 heterocycles. The Kier molecular flexibility index (Phi) is 5.27. The molecule has 1 unspecified atom stereocenters. The molecule has 1 atom stereocenters. The zero-order valence-corrected chi connectivity index (χ0v) is 8.61. The van der Waals surface area contributed by atoms with E-state index in [1.807, 2.05) is 18.2 Å². The first-order chi connectivity index (χ1) is 6.84. The highest BCUT2D eigenvalue weighted by atomic mass is 16.6. The summed E-state index contributed by atoms with van der Waals surface area (Å²) in [7, 11) is 0. The quantitative estimate of drug-likeness (QED) is 0.503. The summed E-state index contributed by atoms with van der Waals surface area (Å²) in [6.07, 6.45) is 2.23. The molecule has 0 saturated heterocycles. The lowest BCUT2D eigenvalue weighted by Crippen LogP contribution is -2.02. The van der Waals surface area contributed by atoms with Crippen LogP contribution in [0.3, 0.4) is 0 Å². The van der Waals surface area contributed by atoms with Gasteiger partial charge in [-0.3, -0.25) is 0 Å². The topological polar surface area (TPSA) is 29.1 Å². The fourth-order valence-electron chi connectivity index (χ4n) is 1.25. The summed E-state index contributed by atoms with van der Waals surface area (Å²) < 4.78 is 5.17. The van der Waals surface area contributed by atoms with Crippen molar-refractivity contribution in [3.05, 3.63) is 35.9 Å². The molecule has 14 heavy (non-hydrogen) atoms. The number of rotatable bonds is 6. The van der Waals surface area contributed by atoms with Gasteiger partial charge in [-0.05, 0) is 6.42 Å². The van der Waals surface area contributed by atoms with E-state index in [2.05, 4.69) is 6.92 Å². The Balaban J connectivity index is 2.25. The van der Waals surface area contributed by atoms with Gasteiger partial charge in [-0.2, -0.15) is 5.11 Å². The van der Waals surface area contributed by atoms with Gasteiger partial charge >= 0.3 is 0 Å². The van der Waals surface area contributed by atoms with Crippen LogP contribution in [0.2, 0.25) is 0 Å². The Bertz CT molecular complexity index is 233. The molecule has 2 heteroatoms. The molecule has 1 aromatic carbocycles. The summed E-state index contributed by atoms with van der Waals surface area (Å²) >= 11 is 0. The maximum absolute atomic E-state index is 11.5. The lowest BCUT2D eigenvalue weighted by atomic mass is 10.2. The molecular weight excluding hydrogens is 176 g/mol. The van der Waals surface area contributed by atoms with Crippen LogP contribution in [0.4, 0.5) is 0 Å². The molecule has 0 aliphatic rings. The van der Waals surface area contributed by atoms with E-state index in [1.54, 1.807) is 12.1 Å². The summed E-state index contributed by atoms with van der Waals surface area (Å²) in [5.41, 5.74) is 0.712. The first-order valence-corrected chi connectivity index (χ1v) is 5.17. The van der Waals surface area contributed by atoms with Crippen molar-refractivity contribution in [1.82, 2.24) is 0 Å². The Morgan fingerprint density at radius 1 is 1.21 bits per heavy atom. The van der Waals surface area contributed by atoms with Crippen molar-refractivity contribution in [3.63, 3.8) is 0 Å². The van der Waals surface area contributed by atoms with Gasteiger partial charge in [0.15, 0.2) is 0 Å². The predicted octanol–water partition coefficient (Wildman–Crippen LogP) is 3.32. The third-order valence-electron chi connectivity index (χ3n) is 2.09. The van der Waals surface area contributed by atoms with Gasteiger partial charge in [0.2, 0.25) is 6.29 Å². The largest absolute Gasteiger partial charge is 0.346 e. The molecule has 1 radical (unpaired) electrons. The number of ether oxygens (including phenoxy) is 1. The minimum atomic E-state index is -1.02. The second-order valence-electron chi connectivity index (χ2n) is 3.32. The number of hydrogen-bond acceptors (Lipinski definition) is 1. The van der Waals surface area contributed by atoms with Crippen molar-refractivity contribution < 1.29 is 9.84 Å². The van der Waals surface area contributed by atoms with Crippen molar-refractivity contribution in [1.29, 1.82) is 0 Å². The first-order valence-electron chi connectivity index (χ1n) is 5.17. The monoisotopic (exact) mass is 193 g/mol. The maximum atomic E-state index is 11.5. The number of unbranched alkanes of at least 4 members (excludes halogenated alkanes) is 2. The molecule has 0 aliphatic carbocycles. The molecule has 1 aromatic rings. The third kappa shape index (κ3) is 3.90. The minimum absolute atomic E-state index is 0.566. The summed E-state index contributed by atoms with van der Waals surface area (Å²) in [5.74, 6) is 0. The first kappa shape index (κ1) is 11.2. The smallest absolute Gasteiger partial charge is 0.217 e. The maximum Gasteiger partial charge on any atom is 0.217 e. The molecule has 0 aliphatic heterocycles. The standard InChI is InChI=1S/C12H17O2/c1-2-3-7-10-14-12(13)11-8-5-4-6-9-11/h4-6,8-9,12H,2-3,7,10H2,1H3. The van der Waals surface area contributed by atoms with Crippen molar-refractivity contribution in [2.24, 2.45) is 0 Å². The molecule has 0 saturated carbocycles. The third-order valence-corrected chi connectivity index (χ3v) is 2.09.